The second-order valence-electron chi connectivity index (χ2n) is 5.00. The van der Waals surface area contributed by atoms with Crippen LogP contribution in [0.1, 0.15) is 16.8 Å². The van der Waals surface area contributed by atoms with Crippen molar-refractivity contribution in [2.75, 3.05) is 33.5 Å². The fraction of sp³-hybridized carbons (Fsp3) is 0.500. The van der Waals surface area contributed by atoms with Crippen molar-refractivity contribution in [1.29, 1.82) is 0 Å². The molecule has 5 heteroatoms. The summed E-state index contributed by atoms with van der Waals surface area (Å²) >= 11 is 0. The Hall–Kier alpha value is -1.75. The van der Waals surface area contributed by atoms with Gasteiger partial charge in [0.1, 0.15) is 0 Å². The van der Waals surface area contributed by atoms with Crippen LogP contribution >= 0.6 is 0 Å². The highest BCUT2D eigenvalue weighted by Crippen LogP contribution is 2.36. The van der Waals surface area contributed by atoms with Crippen LogP contribution < -0.4 is 14.8 Å². The number of fused-ring (bicyclic) bond motifs is 1. The maximum absolute atomic E-state index is 12.5. The lowest BCUT2D eigenvalue weighted by Gasteiger charge is -2.17. The van der Waals surface area contributed by atoms with Gasteiger partial charge in [0.2, 0.25) is 6.79 Å². The molecular weight excluding hydrogens is 244 g/mol. The molecule has 1 N–H and O–H groups in total. The van der Waals surface area contributed by atoms with Crippen molar-refractivity contribution in [2.24, 2.45) is 5.92 Å². The fourth-order valence-electron chi connectivity index (χ4n) is 2.74. The van der Waals surface area contributed by atoms with E-state index in [9.17, 15) is 4.79 Å². The Bertz CT molecular complexity index is 490. The van der Waals surface area contributed by atoms with Gasteiger partial charge in [-0.1, -0.05) is 6.07 Å². The van der Waals surface area contributed by atoms with Crippen molar-refractivity contribution in [3.8, 4) is 11.5 Å². The molecule has 1 aromatic rings. The number of nitrogens with one attached hydrogen (secondary N) is 1. The molecule has 1 amide bonds. The summed E-state index contributed by atoms with van der Waals surface area (Å²) in [7, 11) is 1.94. The number of ether oxygens (including phenoxy) is 2. The zero-order valence-corrected chi connectivity index (χ0v) is 11.0. The Labute approximate surface area is 112 Å². The molecule has 2 heterocycles. The highest BCUT2D eigenvalue weighted by Gasteiger charge is 2.30. The van der Waals surface area contributed by atoms with Gasteiger partial charge in [0, 0.05) is 13.1 Å². The van der Waals surface area contributed by atoms with Crippen molar-refractivity contribution < 1.29 is 14.3 Å². The molecule has 3 rings (SSSR count). The van der Waals surface area contributed by atoms with Crippen molar-refractivity contribution in [3.63, 3.8) is 0 Å². The second-order valence-corrected chi connectivity index (χ2v) is 5.00. The molecule has 0 unspecified atom stereocenters. The standard InChI is InChI=1S/C14H18N2O3/c1-15-7-10-5-6-16(8-10)14(17)11-3-2-4-12-13(11)19-9-18-12/h2-4,10,15H,5-9H2,1H3/t10-/m1/s1. The van der Waals surface area contributed by atoms with E-state index in [2.05, 4.69) is 5.32 Å². The Kier molecular flexibility index (Phi) is 3.29. The maximum atomic E-state index is 12.5. The van der Waals surface area contributed by atoms with Gasteiger partial charge in [0.25, 0.3) is 5.91 Å². The number of para-hydroxylation sites is 1. The Balaban J connectivity index is 1.77. The zero-order valence-electron chi connectivity index (χ0n) is 11.0. The largest absolute Gasteiger partial charge is 0.454 e. The predicted octanol–water partition coefficient (Wildman–Crippen LogP) is 1.10. The maximum Gasteiger partial charge on any atom is 0.257 e. The third kappa shape index (κ3) is 2.26. The van der Waals surface area contributed by atoms with E-state index in [0.29, 0.717) is 23.0 Å². The fourth-order valence-corrected chi connectivity index (χ4v) is 2.74. The smallest absolute Gasteiger partial charge is 0.257 e. The van der Waals surface area contributed by atoms with Crippen LogP contribution in [0.3, 0.4) is 0 Å². The molecule has 1 aromatic carbocycles. The summed E-state index contributed by atoms with van der Waals surface area (Å²) in [4.78, 5) is 14.4. The first-order chi connectivity index (χ1) is 9.29. The van der Waals surface area contributed by atoms with Crippen molar-refractivity contribution in [1.82, 2.24) is 10.2 Å². The van der Waals surface area contributed by atoms with E-state index in [1.807, 2.05) is 24.1 Å². The first-order valence-electron chi connectivity index (χ1n) is 6.62. The first kappa shape index (κ1) is 12.3. The quantitative estimate of drug-likeness (QED) is 0.886. The van der Waals surface area contributed by atoms with Gasteiger partial charge in [0.05, 0.1) is 5.56 Å². The highest BCUT2D eigenvalue weighted by molar-refractivity contribution is 5.98. The van der Waals surface area contributed by atoms with Gasteiger partial charge in [0.15, 0.2) is 11.5 Å². The minimum Gasteiger partial charge on any atom is -0.454 e. The van der Waals surface area contributed by atoms with E-state index >= 15 is 0 Å². The molecule has 0 saturated carbocycles. The number of hydrogen-bond donors (Lipinski definition) is 1. The molecule has 2 aliphatic heterocycles. The van der Waals surface area contributed by atoms with E-state index < -0.39 is 0 Å². The lowest BCUT2D eigenvalue weighted by molar-refractivity contribution is 0.0782. The molecule has 0 aliphatic carbocycles. The normalized spacial score (nSPS) is 20.9. The summed E-state index contributed by atoms with van der Waals surface area (Å²) in [6.07, 6.45) is 1.05. The Morgan fingerprint density at radius 2 is 2.37 bits per heavy atom. The summed E-state index contributed by atoms with van der Waals surface area (Å²) in [5, 5.41) is 3.17. The molecule has 0 radical (unpaired) electrons. The lowest BCUT2D eigenvalue weighted by Crippen LogP contribution is -2.30. The van der Waals surface area contributed by atoms with E-state index in [4.69, 9.17) is 9.47 Å². The van der Waals surface area contributed by atoms with Crippen molar-refractivity contribution in [3.05, 3.63) is 23.8 Å². The summed E-state index contributed by atoms with van der Waals surface area (Å²) in [6, 6.07) is 5.47. The van der Waals surface area contributed by atoms with Crippen LogP contribution in [0.15, 0.2) is 18.2 Å². The van der Waals surface area contributed by atoms with Gasteiger partial charge >= 0.3 is 0 Å². The van der Waals surface area contributed by atoms with E-state index in [1.54, 1.807) is 6.07 Å². The molecule has 1 fully saturated rings. The average Bonchev–Trinajstić information content (AvgIpc) is 3.06. The number of nitrogens with zero attached hydrogens (tertiary/aromatic N) is 1. The number of likely N-dealkylation sites (tertiary alicyclic amines) is 1. The van der Waals surface area contributed by atoms with E-state index in [1.165, 1.54) is 0 Å². The topological polar surface area (TPSA) is 50.8 Å². The predicted molar refractivity (Wildman–Crippen MR) is 70.5 cm³/mol. The van der Waals surface area contributed by atoms with Crippen LogP contribution in [-0.4, -0.2) is 44.3 Å². The zero-order chi connectivity index (χ0) is 13.2. The van der Waals surface area contributed by atoms with Gasteiger partial charge < -0.3 is 19.7 Å². The molecular formula is C14H18N2O3. The molecule has 1 saturated heterocycles. The summed E-state index contributed by atoms with van der Waals surface area (Å²) in [5.74, 6) is 1.84. The lowest BCUT2D eigenvalue weighted by atomic mass is 10.1. The van der Waals surface area contributed by atoms with Crippen LogP contribution in [0.2, 0.25) is 0 Å². The molecule has 19 heavy (non-hydrogen) atoms. The van der Waals surface area contributed by atoms with Crippen molar-refractivity contribution >= 4 is 5.91 Å². The Morgan fingerprint density at radius 1 is 1.47 bits per heavy atom. The molecule has 0 aromatic heterocycles. The second kappa shape index (κ2) is 5.09. The van der Waals surface area contributed by atoms with Gasteiger partial charge in [-0.15, -0.1) is 0 Å². The van der Waals surface area contributed by atoms with E-state index in [-0.39, 0.29) is 12.7 Å². The van der Waals surface area contributed by atoms with E-state index in [0.717, 1.165) is 26.1 Å². The van der Waals surface area contributed by atoms with Gasteiger partial charge in [-0.05, 0) is 38.1 Å². The van der Waals surface area contributed by atoms with Crippen LogP contribution in [0.4, 0.5) is 0 Å². The molecule has 1 atom stereocenters. The SMILES string of the molecule is CNC[C@H]1CCN(C(=O)c2cccc3c2OCO3)C1. The van der Waals surface area contributed by atoms with Crippen LogP contribution in [0.25, 0.3) is 0 Å². The molecule has 2 aliphatic rings. The van der Waals surface area contributed by atoms with Crippen molar-refractivity contribution in [2.45, 2.75) is 6.42 Å². The number of carbonyl (C=O) groups is 1. The first-order valence-corrected chi connectivity index (χ1v) is 6.62. The minimum atomic E-state index is 0.0425. The van der Waals surface area contributed by atoms with Gasteiger partial charge in [-0.2, -0.15) is 0 Å². The van der Waals surface area contributed by atoms with Crippen LogP contribution in [0.5, 0.6) is 11.5 Å². The van der Waals surface area contributed by atoms with Crippen LogP contribution in [0, 0.1) is 5.92 Å². The third-order valence-electron chi connectivity index (χ3n) is 3.69. The number of carbonyl (C=O) groups excluding carboxylic acids is 1. The summed E-state index contributed by atoms with van der Waals surface area (Å²) in [6.45, 7) is 2.78. The number of rotatable bonds is 3. The summed E-state index contributed by atoms with van der Waals surface area (Å²) < 4.78 is 10.7. The van der Waals surface area contributed by atoms with Gasteiger partial charge in [-0.3, -0.25) is 4.79 Å². The average molecular weight is 262 g/mol. The summed E-state index contributed by atoms with van der Waals surface area (Å²) in [5.41, 5.74) is 0.611. The Morgan fingerprint density at radius 3 is 3.21 bits per heavy atom. The minimum absolute atomic E-state index is 0.0425. The third-order valence-corrected chi connectivity index (χ3v) is 3.69. The number of amides is 1. The monoisotopic (exact) mass is 262 g/mol. The highest BCUT2D eigenvalue weighted by atomic mass is 16.7. The number of benzene rings is 1. The number of hydrogen-bond acceptors (Lipinski definition) is 4. The van der Waals surface area contributed by atoms with Crippen LogP contribution in [-0.2, 0) is 0 Å². The molecule has 5 nitrogen and oxygen atoms in total. The van der Waals surface area contributed by atoms with Gasteiger partial charge in [-0.25, -0.2) is 0 Å². The molecule has 0 spiro atoms. The molecule has 0 bridgehead atoms. The molecule has 102 valence electrons.